The van der Waals surface area contributed by atoms with Gasteiger partial charge in [0.25, 0.3) is 0 Å². The minimum Gasteiger partial charge on any atom is -0.329 e. The van der Waals surface area contributed by atoms with E-state index in [2.05, 4.69) is 11.8 Å². The van der Waals surface area contributed by atoms with Gasteiger partial charge in [0.15, 0.2) is 0 Å². The average Bonchev–Trinajstić information content (AvgIpc) is 2.17. The highest BCUT2D eigenvalue weighted by molar-refractivity contribution is 5.85. The fraction of sp³-hybridized carbons (Fsp3) is 1.00. The third kappa shape index (κ3) is 2.86. The first-order chi connectivity index (χ1) is 4.33. The van der Waals surface area contributed by atoms with E-state index >= 15 is 0 Å². The molecule has 1 atom stereocenters. The third-order valence-corrected chi connectivity index (χ3v) is 1.95. The van der Waals surface area contributed by atoms with Crippen LogP contribution in [0.3, 0.4) is 0 Å². The molecule has 1 aliphatic rings. The smallest absolute Gasteiger partial charge is 0.0105 e. The molecule has 2 nitrogen and oxygen atoms in total. The van der Waals surface area contributed by atoms with Gasteiger partial charge in [-0.05, 0) is 18.9 Å². The summed E-state index contributed by atoms with van der Waals surface area (Å²) < 4.78 is 0. The molecule has 0 aromatic carbocycles. The summed E-state index contributed by atoms with van der Waals surface area (Å²) in [5.41, 5.74) is 5.41. The summed E-state index contributed by atoms with van der Waals surface area (Å²) in [6, 6.07) is 0. The van der Waals surface area contributed by atoms with Crippen LogP contribution in [0.15, 0.2) is 0 Å². The first kappa shape index (κ1) is 10.2. The van der Waals surface area contributed by atoms with E-state index in [1.54, 1.807) is 0 Å². The second kappa shape index (κ2) is 4.94. The number of nitrogens with zero attached hydrogens (tertiary/aromatic N) is 1. The zero-order valence-corrected chi connectivity index (χ0v) is 7.36. The second-order valence-electron chi connectivity index (χ2n) is 2.98. The van der Waals surface area contributed by atoms with Crippen LogP contribution in [-0.4, -0.2) is 31.1 Å². The highest BCUT2D eigenvalue weighted by Gasteiger charge is 2.16. The Morgan fingerprint density at radius 3 is 2.70 bits per heavy atom. The van der Waals surface area contributed by atoms with Gasteiger partial charge in [-0.3, -0.25) is 0 Å². The highest BCUT2D eigenvalue weighted by atomic mass is 35.5. The molecule has 62 valence electrons. The van der Waals surface area contributed by atoms with E-state index in [1.807, 2.05) is 0 Å². The van der Waals surface area contributed by atoms with Gasteiger partial charge in [0.05, 0.1) is 0 Å². The molecule has 0 amide bonds. The predicted molar refractivity (Wildman–Crippen MR) is 46.5 cm³/mol. The summed E-state index contributed by atoms with van der Waals surface area (Å²) in [6.45, 7) is 6.73. The standard InChI is InChI=1S/C7H16N2.ClH/c1-7-2-4-9(6-7)5-3-8;/h7H,2-6,8H2,1H3;1H/t7-;/m0./s1. The molecule has 2 N–H and O–H groups in total. The molecule has 0 radical (unpaired) electrons. The molecule has 0 saturated carbocycles. The Morgan fingerprint density at radius 2 is 2.30 bits per heavy atom. The van der Waals surface area contributed by atoms with Crippen LogP contribution in [0, 0.1) is 5.92 Å². The fourth-order valence-corrected chi connectivity index (χ4v) is 1.41. The zero-order valence-electron chi connectivity index (χ0n) is 6.55. The molecule has 0 aromatic heterocycles. The fourth-order valence-electron chi connectivity index (χ4n) is 1.41. The molecule has 1 saturated heterocycles. The lowest BCUT2D eigenvalue weighted by Gasteiger charge is -2.12. The Hall–Kier alpha value is 0.210. The van der Waals surface area contributed by atoms with Crippen LogP contribution in [0.2, 0.25) is 0 Å². The van der Waals surface area contributed by atoms with Gasteiger partial charge in [0.2, 0.25) is 0 Å². The maximum absolute atomic E-state index is 5.41. The molecular formula is C7H17ClN2. The van der Waals surface area contributed by atoms with E-state index in [9.17, 15) is 0 Å². The Balaban J connectivity index is 0.000000810. The largest absolute Gasteiger partial charge is 0.329 e. The predicted octanol–water partition coefficient (Wildman–Crippen LogP) is 0.709. The molecule has 0 bridgehead atoms. The van der Waals surface area contributed by atoms with E-state index in [0.29, 0.717) is 0 Å². The van der Waals surface area contributed by atoms with E-state index in [0.717, 1.165) is 19.0 Å². The van der Waals surface area contributed by atoms with Gasteiger partial charge in [0, 0.05) is 19.6 Å². The van der Waals surface area contributed by atoms with E-state index in [-0.39, 0.29) is 12.4 Å². The Morgan fingerprint density at radius 1 is 1.60 bits per heavy atom. The molecule has 1 rings (SSSR count). The summed E-state index contributed by atoms with van der Waals surface area (Å²) in [7, 11) is 0. The van der Waals surface area contributed by atoms with Crippen molar-refractivity contribution in [2.75, 3.05) is 26.2 Å². The lowest BCUT2D eigenvalue weighted by molar-refractivity contribution is 0.337. The number of nitrogens with two attached hydrogens (primary N) is 1. The average molecular weight is 165 g/mol. The highest BCUT2D eigenvalue weighted by Crippen LogP contribution is 2.13. The number of rotatable bonds is 2. The van der Waals surface area contributed by atoms with Crippen LogP contribution in [-0.2, 0) is 0 Å². The number of halogens is 1. The van der Waals surface area contributed by atoms with Crippen molar-refractivity contribution in [3.05, 3.63) is 0 Å². The summed E-state index contributed by atoms with van der Waals surface area (Å²) in [6.07, 6.45) is 1.36. The van der Waals surface area contributed by atoms with Crippen LogP contribution in [0.5, 0.6) is 0 Å². The third-order valence-electron chi connectivity index (χ3n) is 1.95. The van der Waals surface area contributed by atoms with Crippen molar-refractivity contribution >= 4 is 12.4 Å². The lowest BCUT2D eigenvalue weighted by Crippen LogP contribution is -2.26. The summed E-state index contributed by atoms with van der Waals surface area (Å²) in [5.74, 6) is 0.900. The zero-order chi connectivity index (χ0) is 6.69. The van der Waals surface area contributed by atoms with Crippen LogP contribution in [0.4, 0.5) is 0 Å². The molecule has 0 unspecified atom stereocenters. The van der Waals surface area contributed by atoms with Gasteiger partial charge in [-0.25, -0.2) is 0 Å². The summed E-state index contributed by atoms with van der Waals surface area (Å²) in [5, 5.41) is 0. The van der Waals surface area contributed by atoms with Crippen molar-refractivity contribution in [3.63, 3.8) is 0 Å². The maximum atomic E-state index is 5.41. The molecule has 0 spiro atoms. The topological polar surface area (TPSA) is 29.3 Å². The summed E-state index contributed by atoms with van der Waals surface area (Å²) >= 11 is 0. The number of hydrogen-bond donors (Lipinski definition) is 1. The summed E-state index contributed by atoms with van der Waals surface area (Å²) in [4.78, 5) is 2.44. The lowest BCUT2D eigenvalue weighted by atomic mass is 10.2. The quantitative estimate of drug-likeness (QED) is 0.652. The Kier molecular flexibility index (Phi) is 5.04. The first-order valence-electron chi connectivity index (χ1n) is 3.75. The van der Waals surface area contributed by atoms with Crippen molar-refractivity contribution in [2.24, 2.45) is 11.7 Å². The van der Waals surface area contributed by atoms with Gasteiger partial charge in [0.1, 0.15) is 0 Å². The molecule has 0 aromatic rings. The van der Waals surface area contributed by atoms with E-state index in [1.165, 1.54) is 19.5 Å². The van der Waals surface area contributed by atoms with Crippen LogP contribution >= 0.6 is 12.4 Å². The minimum absolute atomic E-state index is 0. The molecule has 10 heavy (non-hydrogen) atoms. The van der Waals surface area contributed by atoms with Crippen LogP contribution < -0.4 is 5.73 Å². The Bertz CT molecular complexity index is 85.7. The van der Waals surface area contributed by atoms with Crippen LogP contribution in [0.25, 0.3) is 0 Å². The van der Waals surface area contributed by atoms with Crippen LogP contribution in [0.1, 0.15) is 13.3 Å². The van der Waals surface area contributed by atoms with E-state index in [4.69, 9.17) is 5.73 Å². The molecule has 0 aliphatic carbocycles. The molecular weight excluding hydrogens is 148 g/mol. The second-order valence-corrected chi connectivity index (χ2v) is 2.98. The first-order valence-corrected chi connectivity index (χ1v) is 3.75. The van der Waals surface area contributed by atoms with Gasteiger partial charge >= 0.3 is 0 Å². The van der Waals surface area contributed by atoms with Crippen molar-refractivity contribution in [1.29, 1.82) is 0 Å². The molecule has 1 aliphatic heterocycles. The minimum atomic E-state index is 0. The van der Waals surface area contributed by atoms with Crippen molar-refractivity contribution in [3.8, 4) is 0 Å². The van der Waals surface area contributed by atoms with Gasteiger partial charge in [-0.15, -0.1) is 12.4 Å². The molecule has 3 heteroatoms. The van der Waals surface area contributed by atoms with Crippen molar-refractivity contribution < 1.29 is 0 Å². The number of hydrogen-bond acceptors (Lipinski definition) is 2. The SMILES string of the molecule is C[C@H]1CCN(CCN)C1.Cl. The van der Waals surface area contributed by atoms with E-state index < -0.39 is 0 Å². The Labute approximate surface area is 69.2 Å². The number of likely N-dealkylation sites (tertiary alicyclic amines) is 1. The maximum Gasteiger partial charge on any atom is 0.0105 e. The normalized spacial score (nSPS) is 26.4. The van der Waals surface area contributed by atoms with Crippen molar-refractivity contribution in [2.45, 2.75) is 13.3 Å². The molecule has 1 fully saturated rings. The van der Waals surface area contributed by atoms with Crippen molar-refractivity contribution in [1.82, 2.24) is 4.90 Å². The van der Waals surface area contributed by atoms with Gasteiger partial charge in [-0.1, -0.05) is 6.92 Å². The van der Waals surface area contributed by atoms with Gasteiger partial charge in [-0.2, -0.15) is 0 Å². The van der Waals surface area contributed by atoms with Gasteiger partial charge < -0.3 is 10.6 Å². The molecule has 1 heterocycles. The monoisotopic (exact) mass is 164 g/mol.